The van der Waals surface area contributed by atoms with E-state index in [2.05, 4.69) is 118 Å². The molecule has 0 rings (SSSR count). The maximum absolute atomic E-state index is 12.9. The smallest absolute Gasteiger partial charge is 0.306 e. The van der Waals surface area contributed by atoms with Crippen LogP contribution in [0.25, 0.3) is 0 Å². The Labute approximate surface area is 502 Å². The molecule has 0 spiro atoms. The number of unbranched alkanes of at least 4 members (excludes halogenated alkanes) is 36. The van der Waals surface area contributed by atoms with E-state index in [0.717, 1.165) is 109 Å². The summed E-state index contributed by atoms with van der Waals surface area (Å²) in [4.78, 5) is 38.4. The van der Waals surface area contributed by atoms with Crippen molar-refractivity contribution in [2.45, 2.75) is 348 Å². The zero-order valence-electron chi connectivity index (χ0n) is 53.5. The Morgan fingerprint density at radius 2 is 0.481 bits per heavy atom. The molecule has 0 aliphatic rings. The largest absolute Gasteiger partial charge is 0.462 e. The Kier molecular flexibility index (Phi) is 65.7. The van der Waals surface area contributed by atoms with Gasteiger partial charge in [0.15, 0.2) is 6.10 Å². The molecule has 0 amide bonds. The number of esters is 3. The molecule has 0 aromatic heterocycles. The quantitative estimate of drug-likeness (QED) is 0.0261. The summed E-state index contributed by atoms with van der Waals surface area (Å²) in [6.45, 7) is 6.43. The van der Waals surface area contributed by atoms with E-state index >= 15 is 0 Å². The third-order valence-corrected chi connectivity index (χ3v) is 15.1. The Hall–Kier alpha value is -3.67. The standard InChI is InChI=1S/C75H130O6/c1-4-7-10-13-16-19-22-25-27-29-31-33-35-36-37-38-40-41-43-45-47-50-53-56-59-62-65-68-74(77)80-71-72(70-79-73(76)67-64-61-58-55-52-49-24-21-18-15-12-9-6-3)81-75(78)69-66-63-60-57-54-51-48-46-44-42-39-34-32-30-28-26-23-20-17-14-11-8-5-2/h7,9-10,12,16,18-19,21,25,27,30-33,49,52,72H,4-6,8,11,13-15,17,20,22-24,26,28-29,34-48,50-51,53-71H2,1-3H3/b10-7-,12-9-,19-16-,21-18-,27-25-,32-30-,33-31-,52-49-. The van der Waals surface area contributed by atoms with Gasteiger partial charge < -0.3 is 14.2 Å². The van der Waals surface area contributed by atoms with Crippen LogP contribution in [0.5, 0.6) is 0 Å². The number of rotatable bonds is 63. The molecular formula is C75H130O6. The van der Waals surface area contributed by atoms with Crippen molar-refractivity contribution >= 4 is 17.9 Å². The van der Waals surface area contributed by atoms with Crippen molar-refractivity contribution in [3.63, 3.8) is 0 Å². The van der Waals surface area contributed by atoms with E-state index in [0.29, 0.717) is 19.3 Å². The lowest BCUT2D eigenvalue weighted by Crippen LogP contribution is -2.30. The Bertz CT molecular complexity index is 1580. The molecule has 0 bridgehead atoms. The lowest BCUT2D eigenvalue weighted by molar-refractivity contribution is -0.167. The molecule has 0 heterocycles. The van der Waals surface area contributed by atoms with Gasteiger partial charge in [-0.15, -0.1) is 0 Å². The maximum atomic E-state index is 12.9. The number of carbonyl (C=O) groups excluding carboxylic acids is 3. The molecule has 0 saturated carbocycles. The molecule has 466 valence electrons. The molecule has 0 radical (unpaired) electrons. The molecule has 0 saturated heterocycles. The second kappa shape index (κ2) is 68.8. The summed E-state index contributed by atoms with van der Waals surface area (Å²) in [5.41, 5.74) is 0. The molecule has 0 N–H and O–H groups in total. The van der Waals surface area contributed by atoms with E-state index in [9.17, 15) is 14.4 Å². The molecule has 0 aromatic rings. The summed E-state index contributed by atoms with van der Waals surface area (Å²) in [7, 11) is 0. The van der Waals surface area contributed by atoms with Crippen molar-refractivity contribution in [1.29, 1.82) is 0 Å². The number of allylic oxidation sites excluding steroid dienone is 16. The minimum atomic E-state index is -0.791. The third kappa shape index (κ3) is 67.0. The topological polar surface area (TPSA) is 78.9 Å². The van der Waals surface area contributed by atoms with Crippen LogP contribution in [0.3, 0.4) is 0 Å². The SMILES string of the molecule is CC/C=C\C/C=C\C/C=C\C/C=C\CCCCCCCCCCCCCCCCC(=O)OCC(COC(=O)CCCCC/C=C\C/C=C\C/C=C\CC)OC(=O)CCCCCCCCCCCCC/C=C\CCCCCCCCCC. The van der Waals surface area contributed by atoms with Gasteiger partial charge in [-0.3, -0.25) is 14.4 Å². The summed E-state index contributed by atoms with van der Waals surface area (Å²) in [5.74, 6) is -0.903. The second-order valence-corrected chi connectivity index (χ2v) is 23.0. The van der Waals surface area contributed by atoms with Crippen molar-refractivity contribution in [2.75, 3.05) is 13.2 Å². The van der Waals surface area contributed by atoms with Crippen LogP contribution in [0.4, 0.5) is 0 Å². The Morgan fingerprint density at radius 1 is 0.259 bits per heavy atom. The average molecular weight is 1130 g/mol. The fraction of sp³-hybridized carbons (Fsp3) is 0.747. The molecule has 1 unspecified atom stereocenters. The fourth-order valence-electron chi connectivity index (χ4n) is 9.92. The van der Waals surface area contributed by atoms with Crippen LogP contribution in [-0.2, 0) is 28.6 Å². The lowest BCUT2D eigenvalue weighted by atomic mass is 10.0. The van der Waals surface area contributed by atoms with E-state index < -0.39 is 6.10 Å². The number of carbonyl (C=O) groups is 3. The minimum Gasteiger partial charge on any atom is -0.462 e. The fourth-order valence-corrected chi connectivity index (χ4v) is 9.92. The van der Waals surface area contributed by atoms with Gasteiger partial charge in [-0.1, -0.05) is 304 Å². The first-order valence-corrected chi connectivity index (χ1v) is 34.7. The van der Waals surface area contributed by atoms with Crippen molar-refractivity contribution in [3.8, 4) is 0 Å². The van der Waals surface area contributed by atoms with E-state index in [1.165, 1.54) is 193 Å². The summed E-state index contributed by atoms with van der Waals surface area (Å²) in [6.07, 6.45) is 93.0. The number of ether oxygens (including phenoxy) is 3. The van der Waals surface area contributed by atoms with Crippen LogP contribution >= 0.6 is 0 Å². The van der Waals surface area contributed by atoms with E-state index in [1.807, 2.05) is 0 Å². The van der Waals surface area contributed by atoms with Gasteiger partial charge in [0, 0.05) is 19.3 Å². The van der Waals surface area contributed by atoms with Gasteiger partial charge in [0.2, 0.25) is 0 Å². The van der Waals surface area contributed by atoms with Gasteiger partial charge in [0.05, 0.1) is 0 Å². The number of hydrogen-bond donors (Lipinski definition) is 0. The summed E-state index contributed by atoms with van der Waals surface area (Å²) in [6, 6.07) is 0. The van der Waals surface area contributed by atoms with Crippen LogP contribution in [-0.4, -0.2) is 37.2 Å². The Balaban J connectivity index is 4.27. The predicted octanol–water partition coefficient (Wildman–Crippen LogP) is 24.0. The average Bonchev–Trinajstić information content (AvgIpc) is 3.46. The molecule has 1 atom stereocenters. The van der Waals surface area contributed by atoms with Crippen LogP contribution in [0.15, 0.2) is 97.2 Å². The highest BCUT2D eigenvalue weighted by atomic mass is 16.6. The number of hydrogen-bond acceptors (Lipinski definition) is 6. The first-order valence-electron chi connectivity index (χ1n) is 34.7. The molecule has 6 nitrogen and oxygen atoms in total. The molecule has 6 heteroatoms. The Morgan fingerprint density at radius 3 is 0.778 bits per heavy atom. The first kappa shape index (κ1) is 77.3. The van der Waals surface area contributed by atoms with Gasteiger partial charge in [-0.25, -0.2) is 0 Å². The molecule has 0 aliphatic carbocycles. The van der Waals surface area contributed by atoms with Gasteiger partial charge in [0.1, 0.15) is 13.2 Å². The highest BCUT2D eigenvalue weighted by molar-refractivity contribution is 5.71. The van der Waals surface area contributed by atoms with E-state index in [4.69, 9.17) is 14.2 Å². The summed E-state index contributed by atoms with van der Waals surface area (Å²) >= 11 is 0. The monoisotopic (exact) mass is 1130 g/mol. The molecule has 0 fully saturated rings. The van der Waals surface area contributed by atoms with Crippen LogP contribution in [0.1, 0.15) is 342 Å². The molecule has 0 aromatic carbocycles. The van der Waals surface area contributed by atoms with Gasteiger partial charge in [-0.05, 0) is 116 Å². The van der Waals surface area contributed by atoms with Crippen molar-refractivity contribution in [1.82, 2.24) is 0 Å². The van der Waals surface area contributed by atoms with Gasteiger partial charge in [0.25, 0.3) is 0 Å². The van der Waals surface area contributed by atoms with Gasteiger partial charge in [-0.2, -0.15) is 0 Å². The summed E-state index contributed by atoms with van der Waals surface area (Å²) < 4.78 is 16.9. The second-order valence-electron chi connectivity index (χ2n) is 23.0. The molecule has 81 heavy (non-hydrogen) atoms. The minimum absolute atomic E-state index is 0.0854. The highest BCUT2D eigenvalue weighted by Gasteiger charge is 2.19. The van der Waals surface area contributed by atoms with Gasteiger partial charge >= 0.3 is 17.9 Å². The third-order valence-electron chi connectivity index (χ3n) is 15.1. The van der Waals surface area contributed by atoms with Crippen LogP contribution < -0.4 is 0 Å². The highest BCUT2D eigenvalue weighted by Crippen LogP contribution is 2.17. The predicted molar refractivity (Wildman–Crippen MR) is 353 cm³/mol. The van der Waals surface area contributed by atoms with Crippen LogP contribution in [0, 0.1) is 0 Å². The zero-order valence-corrected chi connectivity index (χ0v) is 53.5. The molecule has 0 aliphatic heterocycles. The van der Waals surface area contributed by atoms with Crippen molar-refractivity contribution in [2.24, 2.45) is 0 Å². The van der Waals surface area contributed by atoms with Crippen molar-refractivity contribution in [3.05, 3.63) is 97.2 Å². The first-order chi connectivity index (χ1) is 40.0. The van der Waals surface area contributed by atoms with E-state index in [1.54, 1.807) is 0 Å². The zero-order chi connectivity index (χ0) is 58.5. The maximum Gasteiger partial charge on any atom is 0.306 e. The molecular weight excluding hydrogens is 997 g/mol. The van der Waals surface area contributed by atoms with Crippen LogP contribution in [0.2, 0.25) is 0 Å². The lowest BCUT2D eigenvalue weighted by Gasteiger charge is -2.18. The normalized spacial score (nSPS) is 12.7. The van der Waals surface area contributed by atoms with E-state index in [-0.39, 0.29) is 31.1 Å². The summed E-state index contributed by atoms with van der Waals surface area (Å²) in [5, 5.41) is 0. The van der Waals surface area contributed by atoms with Crippen molar-refractivity contribution < 1.29 is 28.6 Å².